The Morgan fingerprint density at radius 3 is 2.50 bits per heavy atom. The minimum atomic E-state index is -3.69. The van der Waals surface area contributed by atoms with Crippen molar-refractivity contribution in [3.8, 4) is 0 Å². The van der Waals surface area contributed by atoms with E-state index in [2.05, 4.69) is 9.88 Å². The maximum absolute atomic E-state index is 13.4. The van der Waals surface area contributed by atoms with Crippen LogP contribution < -0.4 is 4.72 Å². The van der Waals surface area contributed by atoms with Gasteiger partial charge in [0.25, 0.3) is 0 Å². The summed E-state index contributed by atoms with van der Waals surface area (Å²) >= 11 is 0. The molecule has 0 fully saturated rings. The van der Waals surface area contributed by atoms with E-state index in [0.29, 0.717) is 5.71 Å². The van der Waals surface area contributed by atoms with Gasteiger partial charge in [-0.2, -0.15) is 0 Å². The summed E-state index contributed by atoms with van der Waals surface area (Å²) in [6.45, 7) is 4.64. The summed E-state index contributed by atoms with van der Waals surface area (Å²) in [5.74, 6) is 0. The molecule has 20 heavy (non-hydrogen) atoms. The molecule has 0 aromatic heterocycles. The normalized spacial score (nSPS) is 12.8. The van der Waals surface area contributed by atoms with E-state index >= 15 is 0 Å². The lowest BCUT2D eigenvalue weighted by Crippen LogP contribution is -2.32. The van der Waals surface area contributed by atoms with Gasteiger partial charge in [0, 0.05) is 6.54 Å². The zero-order chi connectivity index (χ0) is 15.2. The first-order valence-electron chi connectivity index (χ1n) is 6.15. The van der Waals surface area contributed by atoms with Crippen LogP contribution >= 0.6 is 0 Å². The van der Waals surface area contributed by atoms with Crippen molar-refractivity contribution in [2.45, 2.75) is 31.8 Å². The Kier molecular flexibility index (Phi) is 6.09. The molecule has 1 rings (SSSR count). The van der Waals surface area contributed by atoms with Gasteiger partial charge in [0.05, 0.1) is 10.6 Å². The van der Waals surface area contributed by atoms with Gasteiger partial charge in [-0.1, -0.05) is 22.9 Å². The fourth-order valence-electron chi connectivity index (χ4n) is 1.31. The number of hydrogen-bond acceptors (Lipinski definition) is 4. The molecule has 1 unspecified atom stereocenters. The summed E-state index contributed by atoms with van der Waals surface area (Å²) in [6.07, 6.45) is -1.46. The Bertz CT molecular complexity index is 551. The SMILES string of the molecule is CC(C)=NOCC(F)CNS(=O)(=O)c1ccc(C)cc1. The van der Waals surface area contributed by atoms with Crippen molar-refractivity contribution in [3.05, 3.63) is 29.8 Å². The molecule has 0 amide bonds. The highest BCUT2D eigenvalue weighted by molar-refractivity contribution is 7.89. The van der Waals surface area contributed by atoms with Gasteiger partial charge in [-0.3, -0.25) is 0 Å². The molecule has 7 heteroatoms. The van der Waals surface area contributed by atoms with Gasteiger partial charge in [-0.15, -0.1) is 0 Å². The first kappa shape index (κ1) is 16.6. The van der Waals surface area contributed by atoms with E-state index in [1.807, 2.05) is 6.92 Å². The summed E-state index contributed by atoms with van der Waals surface area (Å²) in [4.78, 5) is 4.83. The fraction of sp³-hybridized carbons (Fsp3) is 0.462. The highest BCUT2D eigenvalue weighted by atomic mass is 32.2. The molecule has 0 aliphatic carbocycles. The number of hydrogen-bond donors (Lipinski definition) is 1. The smallest absolute Gasteiger partial charge is 0.240 e. The lowest BCUT2D eigenvalue weighted by atomic mass is 10.2. The summed E-state index contributed by atoms with van der Waals surface area (Å²) < 4.78 is 39.4. The van der Waals surface area contributed by atoms with E-state index in [-0.39, 0.29) is 18.0 Å². The van der Waals surface area contributed by atoms with Crippen LogP contribution in [0.25, 0.3) is 0 Å². The van der Waals surface area contributed by atoms with Gasteiger partial charge in [0.2, 0.25) is 10.0 Å². The van der Waals surface area contributed by atoms with Crippen molar-refractivity contribution in [1.29, 1.82) is 0 Å². The van der Waals surface area contributed by atoms with Gasteiger partial charge < -0.3 is 4.84 Å². The van der Waals surface area contributed by atoms with Crippen molar-refractivity contribution < 1.29 is 17.6 Å². The quantitative estimate of drug-likeness (QED) is 0.619. The average molecular weight is 302 g/mol. The number of benzene rings is 1. The van der Waals surface area contributed by atoms with E-state index in [4.69, 9.17) is 4.84 Å². The largest absolute Gasteiger partial charge is 0.393 e. The van der Waals surface area contributed by atoms with E-state index in [1.54, 1.807) is 26.0 Å². The number of nitrogens with one attached hydrogen (secondary N) is 1. The lowest BCUT2D eigenvalue weighted by molar-refractivity contribution is 0.0882. The van der Waals surface area contributed by atoms with Crippen LogP contribution in [0.1, 0.15) is 19.4 Å². The molecule has 0 heterocycles. The monoisotopic (exact) mass is 302 g/mol. The van der Waals surface area contributed by atoms with Crippen molar-refractivity contribution >= 4 is 15.7 Å². The Labute approximate surface area is 118 Å². The van der Waals surface area contributed by atoms with Crippen LogP contribution in [-0.4, -0.2) is 33.5 Å². The maximum Gasteiger partial charge on any atom is 0.240 e. The first-order valence-corrected chi connectivity index (χ1v) is 7.63. The second-order valence-electron chi connectivity index (χ2n) is 4.60. The molecule has 1 aromatic carbocycles. The molecular formula is C13H19FN2O3S. The highest BCUT2D eigenvalue weighted by Gasteiger charge is 2.16. The first-order chi connectivity index (χ1) is 9.31. The minimum absolute atomic E-state index is 0.110. The molecule has 0 aliphatic rings. The molecule has 5 nitrogen and oxygen atoms in total. The van der Waals surface area contributed by atoms with Crippen LogP contribution in [0.3, 0.4) is 0 Å². The van der Waals surface area contributed by atoms with Gasteiger partial charge in [0.15, 0.2) is 6.17 Å². The number of rotatable bonds is 7. The number of sulfonamides is 1. The third-order valence-corrected chi connectivity index (χ3v) is 3.77. The Hall–Kier alpha value is -1.47. The second-order valence-corrected chi connectivity index (χ2v) is 6.36. The summed E-state index contributed by atoms with van der Waals surface area (Å²) in [5, 5.41) is 3.58. The van der Waals surface area contributed by atoms with Crippen LogP contribution in [0.5, 0.6) is 0 Å². The predicted octanol–water partition coefficient (Wildman–Crippen LogP) is 2.02. The zero-order valence-electron chi connectivity index (χ0n) is 11.8. The van der Waals surface area contributed by atoms with E-state index in [1.165, 1.54) is 12.1 Å². The van der Waals surface area contributed by atoms with Gasteiger partial charge in [0.1, 0.15) is 6.61 Å². The van der Waals surface area contributed by atoms with Crippen molar-refractivity contribution in [3.63, 3.8) is 0 Å². The zero-order valence-corrected chi connectivity index (χ0v) is 12.6. The fourth-order valence-corrected chi connectivity index (χ4v) is 2.37. The number of alkyl halides is 1. The molecule has 0 aliphatic heterocycles. The molecule has 1 N–H and O–H groups in total. The molecular weight excluding hydrogens is 283 g/mol. The van der Waals surface area contributed by atoms with Gasteiger partial charge >= 0.3 is 0 Å². The van der Waals surface area contributed by atoms with Crippen LogP contribution in [0.2, 0.25) is 0 Å². The van der Waals surface area contributed by atoms with Crippen LogP contribution in [0, 0.1) is 6.92 Å². The van der Waals surface area contributed by atoms with Crippen molar-refractivity contribution in [1.82, 2.24) is 4.72 Å². The molecule has 1 atom stereocenters. The molecule has 0 saturated heterocycles. The molecule has 112 valence electrons. The minimum Gasteiger partial charge on any atom is -0.393 e. The topological polar surface area (TPSA) is 67.8 Å². The van der Waals surface area contributed by atoms with Crippen LogP contribution in [0.4, 0.5) is 4.39 Å². The van der Waals surface area contributed by atoms with Crippen molar-refractivity contribution in [2.24, 2.45) is 5.16 Å². The van der Waals surface area contributed by atoms with Crippen LogP contribution in [0.15, 0.2) is 34.3 Å². The number of aryl methyl sites for hydroxylation is 1. The summed E-state index contributed by atoms with van der Waals surface area (Å²) in [7, 11) is -3.69. The molecule has 0 saturated carbocycles. The van der Waals surface area contributed by atoms with Gasteiger partial charge in [-0.05, 0) is 32.9 Å². The third kappa shape index (κ3) is 5.66. The Balaban J connectivity index is 2.51. The highest BCUT2D eigenvalue weighted by Crippen LogP contribution is 2.09. The van der Waals surface area contributed by atoms with Crippen molar-refractivity contribution in [2.75, 3.05) is 13.2 Å². The molecule has 1 aromatic rings. The second kappa shape index (κ2) is 7.35. The standard InChI is InChI=1S/C13H19FN2O3S/c1-10(2)16-19-9-12(14)8-15-20(17,18)13-6-4-11(3)5-7-13/h4-7,12,15H,8-9H2,1-3H3. The molecule has 0 bridgehead atoms. The predicted molar refractivity (Wildman–Crippen MR) is 76.0 cm³/mol. The van der Waals surface area contributed by atoms with E-state index in [9.17, 15) is 12.8 Å². The number of halogens is 1. The molecule has 0 spiro atoms. The lowest BCUT2D eigenvalue weighted by Gasteiger charge is -2.10. The van der Waals surface area contributed by atoms with Gasteiger partial charge in [-0.25, -0.2) is 17.5 Å². The summed E-state index contributed by atoms with van der Waals surface area (Å²) in [5.41, 5.74) is 1.62. The average Bonchev–Trinajstić information content (AvgIpc) is 2.36. The molecule has 0 radical (unpaired) electrons. The summed E-state index contributed by atoms with van der Waals surface area (Å²) in [6, 6.07) is 6.32. The number of nitrogens with zero attached hydrogens (tertiary/aromatic N) is 1. The maximum atomic E-state index is 13.4. The van der Waals surface area contributed by atoms with Crippen LogP contribution in [-0.2, 0) is 14.9 Å². The Morgan fingerprint density at radius 2 is 1.95 bits per heavy atom. The Morgan fingerprint density at radius 1 is 1.35 bits per heavy atom. The number of oxime groups is 1. The van der Waals surface area contributed by atoms with E-state index < -0.39 is 16.2 Å². The van der Waals surface area contributed by atoms with E-state index in [0.717, 1.165) is 5.56 Å². The third-order valence-electron chi connectivity index (χ3n) is 2.33.